The van der Waals surface area contributed by atoms with Crippen molar-refractivity contribution in [3.63, 3.8) is 0 Å². The lowest BCUT2D eigenvalue weighted by atomic mass is 10.3. The molecule has 0 aliphatic carbocycles. The normalized spacial score (nSPS) is 11.3. The molecule has 1 aromatic heterocycles. The van der Waals surface area contributed by atoms with E-state index in [1.54, 1.807) is 0 Å². The molecule has 0 spiro atoms. The lowest BCUT2D eigenvalue weighted by Crippen LogP contribution is -2.24. The number of nitrogens with zero attached hydrogens (tertiary/aromatic N) is 2. The lowest BCUT2D eigenvalue weighted by molar-refractivity contribution is 0.474. The largest absolute Gasteiger partial charge is 0.504 e. The zero-order chi connectivity index (χ0) is 14.9. The molecule has 2 rings (SSSR count). The molecule has 1 heterocycles. The SMILES string of the molecule is CS(=O)(=O)N(c1cc(Cl)cc(Cl)c1)c1ccncc1O. The fourth-order valence-electron chi connectivity index (χ4n) is 1.72. The van der Waals surface area contributed by atoms with Crippen molar-refractivity contribution in [3.8, 4) is 5.75 Å². The second kappa shape index (κ2) is 5.47. The van der Waals surface area contributed by atoms with Gasteiger partial charge in [-0.2, -0.15) is 0 Å². The van der Waals surface area contributed by atoms with Crippen LogP contribution < -0.4 is 4.31 Å². The van der Waals surface area contributed by atoms with E-state index in [1.165, 1.54) is 30.5 Å². The minimum atomic E-state index is -3.70. The maximum absolute atomic E-state index is 12.0. The van der Waals surface area contributed by atoms with Crippen molar-refractivity contribution in [3.05, 3.63) is 46.7 Å². The predicted molar refractivity (Wildman–Crippen MR) is 79.3 cm³/mol. The van der Waals surface area contributed by atoms with Crippen molar-refractivity contribution < 1.29 is 13.5 Å². The van der Waals surface area contributed by atoms with Gasteiger partial charge in [-0.15, -0.1) is 0 Å². The van der Waals surface area contributed by atoms with Crippen LogP contribution in [0.1, 0.15) is 0 Å². The molecule has 0 saturated carbocycles. The molecule has 0 amide bonds. The summed E-state index contributed by atoms with van der Waals surface area (Å²) < 4.78 is 25.0. The zero-order valence-corrected chi connectivity index (χ0v) is 12.6. The summed E-state index contributed by atoms with van der Waals surface area (Å²) in [6.45, 7) is 0. The van der Waals surface area contributed by atoms with E-state index in [-0.39, 0.29) is 27.2 Å². The summed E-state index contributed by atoms with van der Waals surface area (Å²) in [7, 11) is -3.70. The molecular weight excluding hydrogens is 323 g/mol. The van der Waals surface area contributed by atoms with Crippen molar-refractivity contribution in [2.45, 2.75) is 0 Å². The molecule has 1 aromatic carbocycles. The highest BCUT2D eigenvalue weighted by atomic mass is 35.5. The number of hydrogen-bond donors (Lipinski definition) is 1. The standard InChI is InChI=1S/C12H10Cl2N2O3S/c1-20(18,19)16(11-2-3-15-7-12(11)17)10-5-8(13)4-9(14)6-10/h2-7,17H,1H3. The third kappa shape index (κ3) is 3.15. The van der Waals surface area contributed by atoms with Crippen molar-refractivity contribution in [1.82, 2.24) is 4.98 Å². The summed E-state index contributed by atoms with van der Waals surface area (Å²) >= 11 is 11.8. The Kier molecular flexibility index (Phi) is 4.08. The van der Waals surface area contributed by atoms with E-state index in [9.17, 15) is 13.5 Å². The molecule has 8 heteroatoms. The summed E-state index contributed by atoms with van der Waals surface area (Å²) in [6.07, 6.45) is 3.54. The second-order valence-electron chi connectivity index (χ2n) is 4.02. The first-order chi connectivity index (χ1) is 9.29. The zero-order valence-electron chi connectivity index (χ0n) is 10.3. The van der Waals surface area contributed by atoms with Gasteiger partial charge >= 0.3 is 0 Å². The predicted octanol–water partition coefficient (Wildman–Crippen LogP) is 3.19. The van der Waals surface area contributed by atoms with E-state index >= 15 is 0 Å². The number of aromatic hydroxyl groups is 1. The Morgan fingerprint density at radius 3 is 2.30 bits per heavy atom. The van der Waals surface area contributed by atoms with Crippen molar-refractivity contribution in [2.75, 3.05) is 10.6 Å². The monoisotopic (exact) mass is 332 g/mol. The molecule has 0 radical (unpaired) electrons. The van der Waals surface area contributed by atoms with Gasteiger partial charge in [0.25, 0.3) is 0 Å². The Bertz CT molecular complexity index is 730. The van der Waals surface area contributed by atoms with Gasteiger partial charge in [-0.25, -0.2) is 12.7 Å². The van der Waals surface area contributed by atoms with Crippen LogP contribution in [0.15, 0.2) is 36.7 Å². The molecule has 106 valence electrons. The van der Waals surface area contributed by atoms with Gasteiger partial charge in [-0.05, 0) is 24.3 Å². The third-order valence-electron chi connectivity index (χ3n) is 2.41. The molecule has 1 N–H and O–H groups in total. The average molecular weight is 333 g/mol. The van der Waals surface area contributed by atoms with E-state index in [2.05, 4.69) is 4.98 Å². The fraction of sp³-hybridized carbons (Fsp3) is 0.0833. The summed E-state index contributed by atoms with van der Waals surface area (Å²) in [5.41, 5.74) is 0.298. The number of rotatable bonds is 3. The Balaban J connectivity index is 2.69. The minimum absolute atomic E-state index is 0.0702. The molecule has 0 unspecified atom stereocenters. The highest BCUT2D eigenvalue weighted by Crippen LogP contribution is 2.36. The molecule has 0 atom stereocenters. The summed E-state index contributed by atoms with van der Waals surface area (Å²) in [5.74, 6) is -0.269. The van der Waals surface area contributed by atoms with Gasteiger partial charge in [0.05, 0.1) is 18.1 Å². The number of hydrogen-bond acceptors (Lipinski definition) is 4. The van der Waals surface area contributed by atoms with E-state index in [1.807, 2.05) is 0 Å². The van der Waals surface area contributed by atoms with Gasteiger partial charge in [0.15, 0.2) is 5.75 Å². The van der Waals surface area contributed by atoms with Gasteiger partial charge in [-0.1, -0.05) is 23.2 Å². The van der Waals surface area contributed by atoms with E-state index in [4.69, 9.17) is 23.2 Å². The van der Waals surface area contributed by atoms with Gasteiger partial charge in [-0.3, -0.25) is 4.98 Å². The Hall–Kier alpha value is -1.50. The summed E-state index contributed by atoms with van der Waals surface area (Å²) in [4.78, 5) is 3.71. The van der Waals surface area contributed by atoms with Crippen molar-refractivity contribution in [2.24, 2.45) is 0 Å². The van der Waals surface area contributed by atoms with Crippen LogP contribution in [0.5, 0.6) is 5.75 Å². The topological polar surface area (TPSA) is 70.5 Å². The van der Waals surface area contributed by atoms with Crippen LogP contribution >= 0.6 is 23.2 Å². The van der Waals surface area contributed by atoms with E-state index in [0.717, 1.165) is 16.8 Å². The summed E-state index contributed by atoms with van der Waals surface area (Å²) in [6, 6.07) is 5.74. The number of pyridine rings is 1. The molecule has 0 fully saturated rings. The first-order valence-corrected chi connectivity index (χ1v) is 7.99. The number of aromatic nitrogens is 1. The van der Waals surface area contributed by atoms with E-state index < -0.39 is 10.0 Å². The van der Waals surface area contributed by atoms with Crippen molar-refractivity contribution >= 4 is 44.6 Å². The maximum Gasteiger partial charge on any atom is 0.236 e. The van der Waals surface area contributed by atoms with Gasteiger partial charge < -0.3 is 5.11 Å². The van der Waals surface area contributed by atoms with Gasteiger partial charge in [0.2, 0.25) is 10.0 Å². The maximum atomic E-state index is 12.0. The molecule has 5 nitrogen and oxygen atoms in total. The van der Waals surface area contributed by atoms with Crippen LogP contribution in [-0.2, 0) is 10.0 Å². The molecule has 2 aromatic rings. The highest BCUT2D eigenvalue weighted by molar-refractivity contribution is 7.92. The third-order valence-corrected chi connectivity index (χ3v) is 3.92. The Morgan fingerprint density at radius 1 is 1.20 bits per heavy atom. The summed E-state index contributed by atoms with van der Waals surface area (Å²) in [5, 5.41) is 10.4. The molecular formula is C12H10Cl2N2O3S. The first kappa shape index (κ1) is 14.9. The fourth-order valence-corrected chi connectivity index (χ4v) is 3.23. The van der Waals surface area contributed by atoms with Gasteiger partial charge in [0, 0.05) is 16.2 Å². The van der Waals surface area contributed by atoms with Gasteiger partial charge in [0.1, 0.15) is 5.69 Å². The quantitative estimate of drug-likeness (QED) is 0.936. The number of benzene rings is 1. The number of sulfonamides is 1. The minimum Gasteiger partial charge on any atom is -0.504 e. The van der Waals surface area contributed by atoms with Crippen molar-refractivity contribution in [1.29, 1.82) is 0 Å². The molecule has 0 saturated heterocycles. The highest BCUT2D eigenvalue weighted by Gasteiger charge is 2.23. The van der Waals surface area contributed by atoms with Crippen LogP contribution in [0.4, 0.5) is 11.4 Å². The average Bonchev–Trinajstić information content (AvgIpc) is 2.29. The van der Waals surface area contributed by atoms with E-state index in [0.29, 0.717) is 0 Å². The molecule has 20 heavy (non-hydrogen) atoms. The van der Waals surface area contributed by atoms with Crippen LogP contribution in [0.2, 0.25) is 10.0 Å². The Labute approximate surface area is 126 Å². The smallest absolute Gasteiger partial charge is 0.236 e. The Morgan fingerprint density at radius 2 is 1.80 bits per heavy atom. The van der Waals surface area contributed by atoms with Crippen LogP contribution in [0.25, 0.3) is 0 Å². The number of halogens is 2. The van der Waals surface area contributed by atoms with Crippen LogP contribution in [0, 0.1) is 0 Å². The lowest BCUT2D eigenvalue weighted by Gasteiger charge is -2.23. The second-order valence-corrected chi connectivity index (χ2v) is 6.72. The molecule has 0 aliphatic rings. The first-order valence-electron chi connectivity index (χ1n) is 5.38. The van der Waals surface area contributed by atoms with Crippen LogP contribution in [0.3, 0.4) is 0 Å². The molecule has 0 aliphatic heterocycles. The number of anilines is 2. The van der Waals surface area contributed by atoms with Crippen LogP contribution in [-0.4, -0.2) is 24.8 Å². The molecule has 0 bridgehead atoms.